The number of rotatable bonds is 12. The van der Waals surface area contributed by atoms with Crippen LogP contribution in [0.15, 0.2) is 67.3 Å². The first-order chi connectivity index (χ1) is 16.6. The van der Waals surface area contributed by atoms with Crippen molar-refractivity contribution >= 4 is 12.1 Å². The third kappa shape index (κ3) is 8.14. The van der Waals surface area contributed by atoms with Gasteiger partial charge in [0, 0.05) is 13.5 Å². The molecule has 0 saturated heterocycles. The van der Waals surface area contributed by atoms with Gasteiger partial charge < -0.3 is 19.3 Å². The first kappa shape index (κ1) is 27.9. The number of aryl methyl sites for hydroxylation is 1. The van der Waals surface area contributed by atoms with E-state index < -0.39 is 23.2 Å². The van der Waals surface area contributed by atoms with Gasteiger partial charge in [-0.3, -0.25) is 4.90 Å². The standard InChI is InChI=1S/C28H37NO6/c1-6-18-28(20-22-13-8-7-9-14-22,29(21-33-5)26(32)35-27(2,3)4)25(31)34-19-12-16-23-15-10-11-17-24(23)30/h6-11,13-15,17,30H,1,12,16,18-21H2,2-5H3/t28-/m0/s1. The van der Waals surface area contributed by atoms with Crippen LogP contribution in [0.25, 0.3) is 0 Å². The Labute approximate surface area is 208 Å². The molecule has 2 aromatic carbocycles. The lowest BCUT2D eigenvalue weighted by Gasteiger charge is -2.41. The summed E-state index contributed by atoms with van der Waals surface area (Å²) in [5.74, 6) is -0.360. The van der Waals surface area contributed by atoms with Crippen LogP contribution in [-0.2, 0) is 31.8 Å². The van der Waals surface area contributed by atoms with Gasteiger partial charge in [0.05, 0.1) is 6.61 Å². The normalized spacial score (nSPS) is 12.9. The number of amides is 1. The molecule has 0 unspecified atom stereocenters. The third-order valence-corrected chi connectivity index (χ3v) is 5.41. The quantitative estimate of drug-likeness (QED) is 0.192. The van der Waals surface area contributed by atoms with Gasteiger partial charge in [-0.2, -0.15) is 0 Å². The maximum Gasteiger partial charge on any atom is 0.413 e. The second-order valence-electron chi connectivity index (χ2n) is 9.38. The molecule has 2 aromatic rings. The number of phenolic OH excluding ortho intramolecular Hbond substituents is 1. The van der Waals surface area contributed by atoms with Gasteiger partial charge in [0.25, 0.3) is 0 Å². The summed E-state index contributed by atoms with van der Waals surface area (Å²) in [5.41, 5.74) is -0.557. The number of nitrogens with zero attached hydrogens (tertiary/aromatic N) is 1. The molecule has 0 aromatic heterocycles. The fourth-order valence-electron chi connectivity index (χ4n) is 3.80. The predicted octanol–water partition coefficient (Wildman–Crippen LogP) is 5.27. The minimum atomic E-state index is -1.42. The number of carbonyl (C=O) groups is 2. The number of benzene rings is 2. The number of hydrogen-bond donors (Lipinski definition) is 1. The van der Waals surface area contributed by atoms with Gasteiger partial charge in [0.2, 0.25) is 0 Å². The maximum atomic E-state index is 13.7. The van der Waals surface area contributed by atoms with Crippen molar-refractivity contribution in [1.82, 2.24) is 4.90 Å². The van der Waals surface area contributed by atoms with E-state index in [0.717, 1.165) is 11.1 Å². The van der Waals surface area contributed by atoms with Gasteiger partial charge in [-0.15, -0.1) is 6.58 Å². The summed E-state index contributed by atoms with van der Waals surface area (Å²) in [6.45, 7) is 9.08. The third-order valence-electron chi connectivity index (χ3n) is 5.41. The molecule has 0 aliphatic rings. The summed E-state index contributed by atoms with van der Waals surface area (Å²) in [4.78, 5) is 28.3. The SMILES string of the molecule is C=CC[C@](Cc1ccccc1)(C(=O)OCCCc1ccccc1O)N(COC)C(=O)OC(C)(C)C. The number of para-hydroxylation sites is 1. The van der Waals surface area contributed by atoms with E-state index in [1.165, 1.54) is 12.0 Å². The van der Waals surface area contributed by atoms with Gasteiger partial charge in [0.15, 0.2) is 5.54 Å². The van der Waals surface area contributed by atoms with Crippen LogP contribution in [0.3, 0.4) is 0 Å². The Kier molecular flexibility index (Phi) is 10.3. The average Bonchev–Trinajstić information content (AvgIpc) is 2.80. The summed E-state index contributed by atoms with van der Waals surface area (Å²) in [6.07, 6.45) is 2.31. The predicted molar refractivity (Wildman–Crippen MR) is 135 cm³/mol. The molecule has 0 aliphatic heterocycles. The van der Waals surface area contributed by atoms with Crippen LogP contribution in [0.5, 0.6) is 5.75 Å². The van der Waals surface area contributed by atoms with E-state index in [9.17, 15) is 14.7 Å². The monoisotopic (exact) mass is 483 g/mol. The largest absolute Gasteiger partial charge is 0.508 e. The molecular formula is C28H37NO6. The summed E-state index contributed by atoms with van der Waals surface area (Å²) in [7, 11) is 1.45. The van der Waals surface area contributed by atoms with Gasteiger partial charge in [-0.05, 0) is 57.2 Å². The minimum absolute atomic E-state index is 0.121. The summed E-state index contributed by atoms with van der Waals surface area (Å²) in [6, 6.07) is 16.5. The second kappa shape index (κ2) is 13.0. The van der Waals surface area contributed by atoms with Crippen LogP contribution in [0.2, 0.25) is 0 Å². The average molecular weight is 484 g/mol. The Morgan fingerprint density at radius 3 is 2.31 bits per heavy atom. The summed E-state index contributed by atoms with van der Waals surface area (Å²) >= 11 is 0. The molecule has 1 atom stereocenters. The smallest absolute Gasteiger partial charge is 0.413 e. The summed E-state index contributed by atoms with van der Waals surface area (Å²) in [5, 5.41) is 9.98. The molecule has 0 heterocycles. The highest BCUT2D eigenvalue weighted by Gasteiger charge is 2.48. The maximum absolute atomic E-state index is 13.7. The Bertz CT molecular complexity index is 969. The van der Waals surface area contributed by atoms with Crippen molar-refractivity contribution in [2.45, 2.75) is 57.6 Å². The zero-order valence-electron chi connectivity index (χ0n) is 21.2. The van der Waals surface area contributed by atoms with Gasteiger partial charge in [-0.1, -0.05) is 54.6 Å². The zero-order valence-corrected chi connectivity index (χ0v) is 21.2. The molecule has 0 saturated carbocycles. The van der Waals surface area contributed by atoms with Crippen molar-refractivity contribution in [3.8, 4) is 5.75 Å². The van der Waals surface area contributed by atoms with E-state index in [4.69, 9.17) is 14.2 Å². The Morgan fingerprint density at radius 1 is 1.06 bits per heavy atom. The lowest BCUT2D eigenvalue weighted by atomic mass is 9.86. The molecule has 7 heteroatoms. The number of esters is 1. The summed E-state index contributed by atoms with van der Waals surface area (Å²) < 4.78 is 16.7. The molecule has 190 valence electrons. The Morgan fingerprint density at radius 2 is 1.71 bits per heavy atom. The Balaban J connectivity index is 2.33. The highest BCUT2D eigenvalue weighted by molar-refractivity contribution is 5.86. The molecule has 0 spiro atoms. The van der Waals surface area contributed by atoms with E-state index in [-0.39, 0.29) is 31.9 Å². The van der Waals surface area contributed by atoms with E-state index in [1.807, 2.05) is 42.5 Å². The van der Waals surface area contributed by atoms with Gasteiger partial charge >= 0.3 is 12.1 Å². The fraction of sp³-hybridized carbons (Fsp3) is 0.429. The topological polar surface area (TPSA) is 85.3 Å². The first-order valence-corrected chi connectivity index (χ1v) is 11.7. The molecule has 0 fully saturated rings. The van der Waals surface area contributed by atoms with Crippen LogP contribution in [-0.4, -0.2) is 53.7 Å². The zero-order chi connectivity index (χ0) is 25.9. The molecule has 1 N–H and O–H groups in total. The molecule has 2 rings (SSSR count). The Hall–Kier alpha value is -3.32. The lowest BCUT2D eigenvalue weighted by Crippen LogP contribution is -2.60. The van der Waals surface area contributed by atoms with Gasteiger partial charge in [0.1, 0.15) is 18.1 Å². The van der Waals surface area contributed by atoms with Gasteiger partial charge in [-0.25, -0.2) is 9.59 Å². The van der Waals surface area contributed by atoms with Crippen molar-refractivity contribution in [1.29, 1.82) is 0 Å². The highest BCUT2D eigenvalue weighted by atomic mass is 16.6. The number of ether oxygens (including phenoxy) is 3. The number of carbonyl (C=O) groups excluding carboxylic acids is 2. The molecular weight excluding hydrogens is 446 g/mol. The van der Waals surface area contributed by atoms with Crippen LogP contribution in [0, 0.1) is 0 Å². The van der Waals surface area contributed by atoms with E-state index in [0.29, 0.717) is 12.8 Å². The van der Waals surface area contributed by atoms with Crippen molar-refractivity contribution in [3.63, 3.8) is 0 Å². The minimum Gasteiger partial charge on any atom is -0.508 e. The van der Waals surface area contributed by atoms with Crippen LogP contribution < -0.4 is 0 Å². The fourth-order valence-corrected chi connectivity index (χ4v) is 3.80. The molecule has 0 radical (unpaired) electrons. The first-order valence-electron chi connectivity index (χ1n) is 11.7. The highest BCUT2D eigenvalue weighted by Crippen LogP contribution is 2.30. The van der Waals surface area contributed by atoms with Crippen molar-refractivity contribution in [3.05, 3.63) is 78.4 Å². The van der Waals surface area contributed by atoms with Crippen molar-refractivity contribution in [2.75, 3.05) is 20.4 Å². The molecule has 7 nitrogen and oxygen atoms in total. The van der Waals surface area contributed by atoms with Crippen LogP contribution >= 0.6 is 0 Å². The number of hydrogen-bond acceptors (Lipinski definition) is 6. The molecule has 1 amide bonds. The van der Waals surface area contributed by atoms with E-state index in [1.54, 1.807) is 39.0 Å². The molecule has 0 bridgehead atoms. The molecule has 35 heavy (non-hydrogen) atoms. The van der Waals surface area contributed by atoms with Crippen molar-refractivity contribution < 1.29 is 28.9 Å². The van der Waals surface area contributed by atoms with Crippen LogP contribution in [0.1, 0.15) is 44.7 Å². The van der Waals surface area contributed by atoms with E-state index in [2.05, 4.69) is 6.58 Å². The van der Waals surface area contributed by atoms with Crippen molar-refractivity contribution in [2.24, 2.45) is 0 Å². The molecule has 0 aliphatic carbocycles. The number of aromatic hydroxyl groups is 1. The number of methoxy groups -OCH3 is 1. The second-order valence-corrected chi connectivity index (χ2v) is 9.38. The van der Waals surface area contributed by atoms with E-state index >= 15 is 0 Å². The number of phenols is 1. The lowest BCUT2D eigenvalue weighted by molar-refractivity contribution is -0.161. The van der Waals surface area contributed by atoms with Crippen LogP contribution in [0.4, 0.5) is 4.79 Å².